The number of aryl methyl sites for hydroxylation is 1. The second-order valence-electron chi connectivity index (χ2n) is 3.80. The molecule has 1 fully saturated rings. The van der Waals surface area contributed by atoms with Gasteiger partial charge in [0.05, 0.1) is 11.5 Å². The predicted octanol–water partition coefficient (Wildman–Crippen LogP) is 0.693. The molecule has 84 valence electrons. The van der Waals surface area contributed by atoms with Crippen LogP contribution in [0.1, 0.15) is 12.2 Å². The molecule has 1 unspecified atom stereocenters. The number of rotatable bonds is 3. The van der Waals surface area contributed by atoms with E-state index in [9.17, 15) is 8.42 Å². The largest absolute Gasteiger partial charge is 0.360 e. The zero-order chi connectivity index (χ0) is 10.9. The van der Waals surface area contributed by atoms with Gasteiger partial charge in [0.1, 0.15) is 5.82 Å². The van der Waals surface area contributed by atoms with Gasteiger partial charge in [-0.1, -0.05) is 0 Å². The van der Waals surface area contributed by atoms with E-state index in [2.05, 4.69) is 14.7 Å². The van der Waals surface area contributed by atoms with Crippen LogP contribution in [0.5, 0.6) is 0 Å². The third-order valence-electron chi connectivity index (χ3n) is 2.40. The average molecular weight is 247 g/mol. The molecule has 1 aliphatic rings. The van der Waals surface area contributed by atoms with Gasteiger partial charge >= 0.3 is 0 Å². The molecule has 0 aliphatic carbocycles. The molecule has 0 bridgehead atoms. The fraction of sp³-hybridized carbons (Fsp3) is 0.750. The first-order chi connectivity index (χ1) is 7.05. The first kappa shape index (κ1) is 10.8. The number of hydrogen-bond acceptors (Lipinski definition) is 6. The Morgan fingerprint density at radius 2 is 2.40 bits per heavy atom. The number of aromatic nitrogens is 2. The SMILES string of the molecule is Cc1nsc(NCC2CCS(=O)(=O)C2)n1. The average Bonchev–Trinajstić information content (AvgIpc) is 2.69. The predicted molar refractivity (Wildman–Crippen MR) is 59.9 cm³/mol. The van der Waals surface area contributed by atoms with Gasteiger partial charge in [-0.25, -0.2) is 13.4 Å². The summed E-state index contributed by atoms with van der Waals surface area (Å²) < 4.78 is 26.4. The van der Waals surface area contributed by atoms with Gasteiger partial charge in [0.15, 0.2) is 9.84 Å². The summed E-state index contributed by atoms with van der Waals surface area (Å²) >= 11 is 1.31. The fourth-order valence-corrected chi connectivity index (χ4v) is 4.08. The van der Waals surface area contributed by atoms with Gasteiger partial charge in [0.2, 0.25) is 5.13 Å². The zero-order valence-corrected chi connectivity index (χ0v) is 10.1. The van der Waals surface area contributed by atoms with Crippen LogP contribution in [0.3, 0.4) is 0 Å². The molecule has 1 aromatic heterocycles. The van der Waals surface area contributed by atoms with Crippen LogP contribution in [-0.4, -0.2) is 35.8 Å². The third kappa shape index (κ3) is 2.88. The number of nitrogens with zero attached hydrogens (tertiary/aromatic N) is 2. The highest BCUT2D eigenvalue weighted by Gasteiger charge is 2.27. The Morgan fingerprint density at radius 1 is 1.60 bits per heavy atom. The highest BCUT2D eigenvalue weighted by atomic mass is 32.2. The van der Waals surface area contributed by atoms with E-state index in [1.165, 1.54) is 11.5 Å². The maximum Gasteiger partial charge on any atom is 0.202 e. The summed E-state index contributed by atoms with van der Waals surface area (Å²) in [5, 5.41) is 3.90. The minimum atomic E-state index is -2.77. The Hall–Kier alpha value is -0.690. The molecule has 2 heterocycles. The van der Waals surface area contributed by atoms with Crippen molar-refractivity contribution in [3.8, 4) is 0 Å². The first-order valence-electron chi connectivity index (χ1n) is 4.80. The van der Waals surface area contributed by atoms with Crippen LogP contribution in [0, 0.1) is 12.8 Å². The van der Waals surface area contributed by atoms with Crippen molar-refractivity contribution in [1.82, 2.24) is 9.36 Å². The molecular weight excluding hydrogens is 234 g/mol. The smallest absolute Gasteiger partial charge is 0.202 e. The minimum Gasteiger partial charge on any atom is -0.360 e. The van der Waals surface area contributed by atoms with Crippen LogP contribution in [0.4, 0.5) is 5.13 Å². The van der Waals surface area contributed by atoms with Gasteiger partial charge in [-0.05, 0) is 19.3 Å². The van der Waals surface area contributed by atoms with Crippen LogP contribution in [0.15, 0.2) is 0 Å². The lowest BCUT2D eigenvalue weighted by Gasteiger charge is -2.06. The maximum atomic E-state index is 11.2. The van der Waals surface area contributed by atoms with Crippen LogP contribution in [-0.2, 0) is 9.84 Å². The van der Waals surface area contributed by atoms with Crippen molar-refractivity contribution in [2.24, 2.45) is 5.92 Å². The molecule has 15 heavy (non-hydrogen) atoms. The van der Waals surface area contributed by atoms with Gasteiger partial charge in [-0.15, -0.1) is 0 Å². The van der Waals surface area contributed by atoms with Crippen molar-refractivity contribution in [3.05, 3.63) is 5.82 Å². The maximum absolute atomic E-state index is 11.2. The first-order valence-corrected chi connectivity index (χ1v) is 7.39. The lowest BCUT2D eigenvalue weighted by molar-refractivity contribution is 0.596. The number of nitrogens with one attached hydrogen (secondary N) is 1. The summed E-state index contributed by atoms with van der Waals surface area (Å²) in [6.07, 6.45) is 0.757. The Morgan fingerprint density at radius 3 is 2.93 bits per heavy atom. The van der Waals surface area contributed by atoms with Crippen molar-refractivity contribution in [1.29, 1.82) is 0 Å². The Kier molecular flexibility index (Phi) is 2.92. The normalized spacial score (nSPS) is 24.2. The summed E-state index contributed by atoms with van der Waals surface area (Å²) in [5.41, 5.74) is 0. The van der Waals surface area contributed by atoms with Crippen LogP contribution < -0.4 is 5.32 Å². The summed E-state index contributed by atoms with van der Waals surface area (Å²) in [6, 6.07) is 0. The fourth-order valence-electron chi connectivity index (χ4n) is 1.63. The molecule has 7 heteroatoms. The summed E-state index contributed by atoms with van der Waals surface area (Å²) in [6.45, 7) is 2.51. The quantitative estimate of drug-likeness (QED) is 0.851. The van der Waals surface area contributed by atoms with E-state index in [-0.39, 0.29) is 5.92 Å². The van der Waals surface area contributed by atoms with E-state index in [4.69, 9.17) is 0 Å². The van der Waals surface area contributed by atoms with Gasteiger partial charge in [0.25, 0.3) is 0 Å². The number of anilines is 1. The van der Waals surface area contributed by atoms with E-state index >= 15 is 0 Å². The minimum absolute atomic E-state index is 0.221. The molecule has 0 amide bonds. The zero-order valence-electron chi connectivity index (χ0n) is 8.43. The number of sulfone groups is 1. The molecule has 1 saturated heterocycles. The van der Waals surface area contributed by atoms with Crippen molar-refractivity contribution in [3.63, 3.8) is 0 Å². The van der Waals surface area contributed by atoms with E-state index < -0.39 is 9.84 Å². The van der Waals surface area contributed by atoms with Gasteiger partial charge < -0.3 is 5.32 Å². The Balaban J connectivity index is 1.85. The third-order valence-corrected chi connectivity index (χ3v) is 5.00. The van der Waals surface area contributed by atoms with Crippen LogP contribution in [0.25, 0.3) is 0 Å². The molecule has 0 spiro atoms. The molecule has 0 saturated carbocycles. The Bertz CT molecular complexity index is 440. The highest BCUT2D eigenvalue weighted by Crippen LogP contribution is 2.19. The molecular formula is C8H13N3O2S2. The van der Waals surface area contributed by atoms with E-state index in [1.54, 1.807) is 0 Å². The van der Waals surface area contributed by atoms with Crippen LogP contribution in [0.2, 0.25) is 0 Å². The molecule has 1 atom stereocenters. The van der Waals surface area contributed by atoms with Gasteiger partial charge in [0, 0.05) is 18.1 Å². The van der Waals surface area contributed by atoms with Crippen LogP contribution >= 0.6 is 11.5 Å². The second kappa shape index (κ2) is 4.05. The monoisotopic (exact) mass is 247 g/mol. The van der Waals surface area contributed by atoms with E-state index in [1.807, 2.05) is 6.92 Å². The van der Waals surface area contributed by atoms with E-state index in [0.717, 1.165) is 17.4 Å². The van der Waals surface area contributed by atoms with Crippen molar-refractivity contribution >= 4 is 26.5 Å². The van der Waals surface area contributed by atoms with E-state index in [0.29, 0.717) is 18.1 Å². The summed E-state index contributed by atoms with van der Waals surface area (Å²) in [4.78, 5) is 4.15. The molecule has 1 aromatic rings. The summed E-state index contributed by atoms with van der Waals surface area (Å²) in [5.74, 6) is 1.60. The second-order valence-corrected chi connectivity index (χ2v) is 6.78. The molecule has 1 aliphatic heterocycles. The summed E-state index contributed by atoms with van der Waals surface area (Å²) in [7, 11) is -2.77. The van der Waals surface area contributed by atoms with Crippen molar-refractivity contribution in [2.45, 2.75) is 13.3 Å². The lowest BCUT2D eigenvalue weighted by atomic mass is 10.1. The molecule has 0 aromatic carbocycles. The standard InChI is InChI=1S/C8H13N3O2S2/c1-6-10-8(14-11-6)9-4-7-2-3-15(12,13)5-7/h7H,2-5H2,1H3,(H,9,10,11). The molecule has 1 N–H and O–H groups in total. The number of hydrogen-bond donors (Lipinski definition) is 1. The van der Waals surface area contributed by atoms with Crippen molar-refractivity contribution < 1.29 is 8.42 Å². The van der Waals surface area contributed by atoms with Crippen molar-refractivity contribution in [2.75, 3.05) is 23.4 Å². The van der Waals surface area contributed by atoms with Gasteiger partial charge in [-0.2, -0.15) is 4.37 Å². The molecule has 0 radical (unpaired) electrons. The topological polar surface area (TPSA) is 72.0 Å². The lowest BCUT2D eigenvalue weighted by Crippen LogP contribution is -2.15. The highest BCUT2D eigenvalue weighted by molar-refractivity contribution is 7.91. The molecule has 5 nitrogen and oxygen atoms in total. The Labute approximate surface area is 93.0 Å². The van der Waals surface area contributed by atoms with Gasteiger partial charge in [-0.3, -0.25) is 0 Å². The molecule has 2 rings (SSSR count).